The number of benzene rings is 1. The first-order valence-corrected chi connectivity index (χ1v) is 8.39. The van der Waals surface area contributed by atoms with E-state index in [0.717, 1.165) is 22.2 Å². The molecule has 0 saturated heterocycles. The summed E-state index contributed by atoms with van der Waals surface area (Å²) in [6.45, 7) is 1.93. The fourth-order valence-corrected chi connectivity index (χ4v) is 3.10. The van der Waals surface area contributed by atoms with E-state index in [4.69, 9.17) is 11.6 Å². The molecular weight excluding hydrogens is 390 g/mol. The minimum Gasteiger partial charge on any atom is -0.255 e. The lowest BCUT2D eigenvalue weighted by Crippen LogP contribution is -2.03. The molecule has 0 fully saturated rings. The highest BCUT2D eigenvalue weighted by Crippen LogP contribution is 2.31. The maximum absolute atomic E-state index is 6.41. The van der Waals surface area contributed by atoms with E-state index in [-0.39, 0.29) is 0 Å². The number of rotatable bonds is 2. The Bertz CT molecular complexity index is 1060. The van der Waals surface area contributed by atoms with Gasteiger partial charge in [-0.15, -0.1) is 0 Å². The van der Waals surface area contributed by atoms with Crippen molar-refractivity contribution in [3.63, 3.8) is 0 Å². The van der Waals surface area contributed by atoms with Crippen LogP contribution in [0, 0.1) is 6.92 Å². The normalized spacial score (nSPS) is 11.1. The summed E-state index contributed by atoms with van der Waals surface area (Å²) in [4.78, 5) is 13.4. The topological polar surface area (TPSA) is 56.5 Å². The van der Waals surface area contributed by atoms with Crippen molar-refractivity contribution in [2.75, 3.05) is 0 Å². The third-order valence-corrected chi connectivity index (χ3v) is 4.27. The molecular formula is C17H11BrClN5. The van der Waals surface area contributed by atoms with Gasteiger partial charge in [0.15, 0.2) is 5.82 Å². The molecule has 0 N–H and O–H groups in total. The van der Waals surface area contributed by atoms with Crippen LogP contribution in [0.4, 0.5) is 0 Å². The number of halogens is 2. The maximum atomic E-state index is 6.41. The summed E-state index contributed by atoms with van der Waals surface area (Å²) in [6, 6.07) is 9.64. The Morgan fingerprint density at radius 1 is 1.17 bits per heavy atom. The smallest absolute Gasteiger partial charge is 0.180 e. The molecule has 4 aromatic rings. The second-order valence-corrected chi connectivity index (χ2v) is 6.52. The van der Waals surface area contributed by atoms with Gasteiger partial charge in [-0.05, 0) is 47.1 Å². The van der Waals surface area contributed by atoms with Crippen LogP contribution >= 0.6 is 27.5 Å². The summed E-state index contributed by atoms with van der Waals surface area (Å²) in [6.07, 6.45) is 5.24. The van der Waals surface area contributed by atoms with Crippen molar-refractivity contribution in [1.82, 2.24) is 24.7 Å². The Balaban J connectivity index is 1.98. The predicted molar refractivity (Wildman–Crippen MR) is 97.3 cm³/mol. The quantitative estimate of drug-likeness (QED) is 0.493. The number of hydrogen-bond acceptors (Lipinski definition) is 4. The molecule has 24 heavy (non-hydrogen) atoms. The molecule has 3 heterocycles. The first-order chi connectivity index (χ1) is 11.6. The first-order valence-electron chi connectivity index (χ1n) is 7.21. The maximum Gasteiger partial charge on any atom is 0.180 e. The third kappa shape index (κ3) is 2.68. The number of nitrogens with zero attached hydrogens (tertiary/aromatic N) is 5. The summed E-state index contributed by atoms with van der Waals surface area (Å²) >= 11 is 9.80. The van der Waals surface area contributed by atoms with Gasteiger partial charge in [0.1, 0.15) is 10.3 Å². The Hall–Kier alpha value is -2.31. The molecule has 0 atom stereocenters. The van der Waals surface area contributed by atoms with Crippen molar-refractivity contribution in [3.8, 4) is 17.1 Å². The summed E-state index contributed by atoms with van der Waals surface area (Å²) < 4.78 is 2.36. The molecule has 0 aliphatic rings. The van der Waals surface area contributed by atoms with E-state index >= 15 is 0 Å². The molecule has 5 nitrogen and oxygen atoms in total. The summed E-state index contributed by atoms with van der Waals surface area (Å²) in [5, 5.41) is 5.96. The zero-order chi connectivity index (χ0) is 16.7. The standard InChI is InChI=1S/C17H11BrClN5/c1-10-4-6-24(23-10)17-16(22-14(18)9-21-17)12-7-11-3-2-5-20-15(11)13(19)8-12/h2-9H,1H3. The molecule has 4 rings (SSSR count). The van der Waals surface area contributed by atoms with E-state index in [2.05, 4.69) is 36.0 Å². The minimum atomic E-state index is 0.576. The number of aryl methyl sites for hydroxylation is 1. The van der Waals surface area contributed by atoms with Gasteiger partial charge >= 0.3 is 0 Å². The number of hydrogen-bond donors (Lipinski definition) is 0. The van der Waals surface area contributed by atoms with Crippen LogP contribution in [0.5, 0.6) is 0 Å². The molecule has 0 bridgehead atoms. The molecule has 7 heteroatoms. The van der Waals surface area contributed by atoms with Gasteiger partial charge in [0.25, 0.3) is 0 Å². The molecule has 0 aliphatic heterocycles. The van der Waals surface area contributed by atoms with Crippen LogP contribution in [-0.2, 0) is 0 Å². The summed E-state index contributed by atoms with van der Waals surface area (Å²) in [5.74, 6) is 0.644. The van der Waals surface area contributed by atoms with Gasteiger partial charge in [-0.2, -0.15) is 5.10 Å². The van der Waals surface area contributed by atoms with E-state index < -0.39 is 0 Å². The van der Waals surface area contributed by atoms with Gasteiger partial charge in [-0.25, -0.2) is 14.6 Å². The zero-order valence-corrected chi connectivity index (χ0v) is 15.0. The lowest BCUT2D eigenvalue weighted by Gasteiger charge is -2.10. The summed E-state index contributed by atoms with van der Waals surface area (Å²) in [7, 11) is 0. The highest BCUT2D eigenvalue weighted by molar-refractivity contribution is 9.10. The van der Waals surface area contributed by atoms with E-state index in [1.165, 1.54) is 0 Å². The van der Waals surface area contributed by atoms with Crippen molar-refractivity contribution >= 4 is 38.4 Å². The molecule has 0 aliphatic carbocycles. The lowest BCUT2D eigenvalue weighted by molar-refractivity contribution is 0.825. The van der Waals surface area contributed by atoms with Crippen LogP contribution in [0.3, 0.4) is 0 Å². The lowest BCUT2D eigenvalue weighted by atomic mass is 10.1. The minimum absolute atomic E-state index is 0.576. The molecule has 0 unspecified atom stereocenters. The fourth-order valence-electron chi connectivity index (χ4n) is 2.54. The van der Waals surface area contributed by atoms with Gasteiger partial charge < -0.3 is 0 Å². The van der Waals surface area contributed by atoms with Crippen molar-refractivity contribution in [3.05, 3.63) is 64.2 Å². The van der Waals surface area contributed by atoms with Crippen molar-refractivity contribution in [2.24, 2.45) is 0 Å². The van der Waals surface area contributed by atoms with Crippen LogP contribution in [0.1, 0.15) is 5.69 Å². The average Bonchev–Trinajstić information content (AvgIpc) is 3.01. The Labute approximate surface area is 151 Å². The van der Waals surface area contributed by atoms with E-state index in [1.54, 1.807) is 17.1 Å². The molecule has 3 aromatic heterocycles. The number of aromatic nitrogens is 5. The van der Waals surface area contributed by atoms with Crippen molar-refractivity contribution in [1.29, 1.82) is 0 Å². The molecule has 0 radical (unpaired) electrons. The van der Waals surface area contributed by atoms with Gasteiger partial charge in [-0.3, -0.25) is 4.98 Å². The van der Waals surface area contributed by atoms with Crippen molar-refractivity contribution < 1.29 is 0 Å². The van der Waals surface area contributed by atoms with Crippen LogP contribution in [0.15, 0.2) is 53.5 Å². The van der Waals surface area contributed by atoms with Crippen LogP contribution in [-0.4, -0.2) is 24.7 Å². The predicted octanol–water partition coefficient (Wildman–Crippen LogP) is 4.60. The van der Waals surface area contributed by atoms with E-state index in [0.29, 0.717) is 21.1 Å². The molecule has 0 spiro atoms. The summed E-state index contributed by atoms with van der Waals surface area (Å²) in [5.41, 5.74) is 3.23. The molecule has 118 valence electrons. The Kier molecular flexibility index (Phi) is 3.78. The molecule has 1 aromatic carbocycles. The van der Waals surface area contributed by atoms with Crippen LogP contribution in [0.2, 0.25) is 5.02 Å². The SMILES string of the molecule is Cc1ccn(-c2ncc(Br)nc2-c2cc(Cl)c3ncccc3c2)n1. The monoisotopic (exact) mass is 399 g/mol. The van der Waals surface area contributed by atoms with Gasteiger partial charge in [0.2, 0.25) is 0 Å². The highest BCUT2D eigenvalue weighted by atomic mass is 79.9. The van der Waals surface area contributed by atoms with Gasteiger partial charge in [0.05, 0.1) is 22.4 Å². The average molecular weight is 401 g/mol. The van der Waals surface area contributed by atoms with Gasteiger partial charge in [-0.1, -0.05) is 17.7 Å². The van der Waals surface area contributed by atoms with Gasteiger partial charge in [0, 0.05) is 23.3 Å². The number of fused-ring (bicyclic) bond motifs is 1. The van der Waals surface area contributed by atoms with E-state index in [1.807, 2.05) is 43.5 Å². The highest BCUT2D eigenvalue weighted by Gasteiger charge is 2.14. The molecule has 0 amide bonds. The number of pyridine rings is 1. The largest absolute Gasteiger partial charge is 0.255 e. The Morgan fingerprint density at radius 3 is 2.83 bits per heavy atom. The zero-order valence-electron chi connectivity index (χ0n) is 12.6. The Morgan fingerprint density at radius 2 is 2.04 bits per heavy atom. The van der Waals surface area contributed by atoms with Crippen molar-refractivity contribution in [2.45, 2.75) is 6.92 Å². The first kappa shape index (κ1) is 15.2. The third-order valence-electron chi connectivity index (χ3n) is 3.60. The van der Waals surface area contributed by atoms with E-state index in [9.17, 15) is 0 Å². The van der Waals surface area contributed by atoms with Crippen LogP contribution in [0.25, 0.3) is 28.0 Å². The second kappa shape index (κ2) is 5.96. The second-order valence-electron chi connectivity index (χ2n) is 5.30. The van der Waals surface area contributed by atoms with Crippen LogP contribution < -0.4 is 0 Å². The molecule has 0 saturated carbocycles. The fraction of sp³-hybridized carbons (Fsp3) is 0.0588.